The summed E-state index contributed by atoms with van der Waals surface area (Å²) >= 11 is 13.5. The molecule has 0 aliphatic carbocycles. The molecular weight excluding hydrogens is 743 g/mol. The number of hydrogen-bond acceptors (Lipinski definition) is 14. The summed E-state index contributed by atoms with van der Waals surface area (Å²) in [4.78, 5) is 40.3. The number of rotatable bonds is 16. The Morgan fingerprint density at radius 2 is 1.25 bits per heavy atom. The first-order valence-corrected chi connectivity index (χ1v) is 19.1. The number of aromatic nitrogens is 4. The number of esters is 2. The normalized spacial score (nSPS) is 11.2. The molecule has 0 saturated carbocycles. The van der Waals surface area contributed by atoms with Crippen LogP contribution < -0.4 is 9.47 Å². The average molecular weight is 782 g/mol. The van der Waals surface area contributed by atoms with Crippen LogP contribution in [0.4, 0.5) is 0 Å². The van der Waals surface area contributed by atoms with E-state index in [4.69, 9.17) is 52.4 Å². The smallest absolute Gasteiger partial charge is 0.345 e. The SMILES string of the molecule is CCOC(=O)c1cnc(S(C)=O)nc1OCCc1ccc(CO)c(Cl)c1.CCOC(=O)c1cnc(SC)nc1OCCc1ccc(CO)c(Cl)c1. The van der Waals surface area contributed by atoms with Gasteiger partial charge in [-0.25, -0.2) is 19.6 Å². The minimum Gasteiger partial charge on any atom is -0.477 e. The minimum absolute atomic E-state index is 0.0294. The molecule has 0 saturated heterocycles. The molecule has 274 valence electrons. The van der Waals surface area contributed by atoms with Crippen molar-refractivity contribution < 1.29 is 43.0 Å². The zero-order chi connectivity index (χ0) is 37.3. The van der Waals surface area contributed by atoms with E-state index in [1.807, 2.05) is 18.4 Å². The molecular formula is C34H38Cl2N4O9S2. The molecule has 2 aromatic carbocycles. The third-order valence-corrected chi connectivity index (χ3v) is 8.70. The standard InChI is InChI=1S/C17H19ClN2O5S.C17H19ClN2O4S/c1-3-24-16(22)13-9-19-17(26(2)23)20-15(13)25-7-6-11-4-5-12(10-21)14(18)8-11;1-3-23-16(22)13-9-19-17(25-2)20-15(13)24-7-6-11-4-5-12(10-21)14(18)8-11/h4-5,8-9,21H,3,6-7,10H2,1-2H3;4-5,8-9,21H,3,6-7,10H2,1-2H3. The number of nitrogens with zero attached hydrogens (tertiary/aromatic N) is 4. The topological polar surface area (TPSA) is 180 Å². The molecule has 13 nitrogen and oxygen atoms in total. The lowest BCUT2D eigenvalue weighted by Crippen LogP contribution is -2.13. The van der Waals surface area contributed by atoms with E-state index in [0.29, 0.717) is 45.8 Å². The minimum atomic E-state index is -1.41. The van der Waals surface area contributed by atoms with Crippen LogP contribution in [0.25, 0.3) is 0 Å². The number of benzene rings is 2. The largest absolute Gasteiger partial charge is 0.477 e. The number of aliphatic hydroxyl groups is 2. The van der Waals surface area contributed by atoms with E-state index >= 15 is 0 Å². The highest BCUT2D eigenvalue weighted by atomic mass is 35.5. The number of aliphatic hydroxyl groups excluding tert-OH is 2. The van der Waals surface area contributed by atoms with Crippen LogP contribution in [0.1, 0.15) is 56.8 Å². The summed E-state index contributed by atoms with van der Waals surface area (Å²) in [6.07, 6.45) is 7.03. The van der Waals surface area contributed by atoms with Crippen LogP contribution in [0.2, 0.25) is 10.0 Å². The molecule has 0 amide bonds. The second-order valence-corrected chi connectivity index (χ2v) is 13.1. The third-order valence-electron chi connectivity index (χ3n) is 6.73. The molecule has 4 aromatic rings. The summed E-state index contributed by atoms with van der Waals surface area (Å²) in [5, 5.41) is 19.9. The quantitative estimate of drug-likeness (QED) is 0.0850. The Morgan fingerprint density at radius 1 is 0.784 bits per heavy atom. The lowest BCUT2D eigenvalue weighted by Gasteiger charge is -2.11. The van der Waals surface area contributed by atoms with Crippen LogP contribution in [-0.2, 0) is 46.3 Å². The van der Waals surface area contributed by atoms with Gasteiger partial charge in [0, 0.05) is 35.3 Å². The van der Waals surface area contributed by atoms with Crippen LogP contribution in [0, 0.1) is 0 Å². The number of ether oxygens (including phenoxy) is 4. The van der Waals surface area contributed by atoms with Crippen LogP contribution >= 0.6 is 35.0 Å². The molecule has 0 aliphatic heterocycles. The summed E-state index contributed by atoms with van der Waals surface area (Å²) in [7, 11) is -1.41. The maximum absolute atomic E-state index is 12.0. The summed E-state index contributed by atoms with van der Waals surface area (Å²) < 4.78 is 32.8. The highest BCUT2D eigenvalue weighted by Crippen LogP contribution is 2.23. The van der Waals surface area contributed by atoms with Crippen molar-refractivity contribution in [2.45, 2.75) is 50.2 Å². The Kier molecular flexibility index (Phi) is 17.5. The molecule has 2 N–H and O–H groups in total. The fourth-order valence-electron chi connectivity index (χ4n) is 4.14. The zero-order valence-electron chi connectivity index (χ0n) is 28.4. The first kappa shape index (κ1) is 41.6. The molecule has 17 heteroatoms. The van der Waals surface area contributed by atoms with Gasteiger partial charge in [-0.15, -0.1) is 0 Å². The molecule has 4 rings (SSSR count). The van der Waals surface area contributed by atoms with Gasteiger partial charge in [-0.1, -0.05) is 59.2 Å². The van der Waals surface area contributed by atoms with Crippen molar-refractivity contribution in [3.63, 3.8) is 0 Å². The Labute approximate surface area is 312 Å². The van der Waals surface area contributed by atoms with Gasteiger partial charge in [0.05, 0.1) is 56.6 Å². The lowest BCUT2D eigenvalue weighted by molar-refractivity contribution is 0.0509. The van der Waals surface area contributed by atoms with Crippen molar-refractivity contribution >= 4 is 57.7 Å². The Morgan fingerprint density at radius 3 is 1.67 bits per heavy atom. The first-order chi connectivity index (χ1) is 24.5. The summed E-state index contributed by atoms with van der Waals surface area (Å²) in [6, 6.07) is 10.8. The van der Waals surface area contributed by atoms with Crippen molar-refractivity contribution in [1.29, 1.82) is 0 Å². The molecule has 0 aliphatic rings. The molecule has 2 aromatic heterocycles. The van der Waals surface area contributed by atoms with Crippen LogP contribution in [0.3, 0.4) is 0 Å². The van der Waals surface area contributed by atoms with Crippen molar-refractivity contribution in [2.75, 3.05) is 38.9 Å². The number of halogens is 2. The van der Waals surface area contributed by atoms with Crippen LogP contribution in [0.15, 0.2) is 59.1 Å². The van der Waals surface area contributed by atoms with E-state index < -0.39 is 22.7 Å². The number of carbonyl (C=O) groups excluding carboxylic acids is 2. The molecule has 1 atom stereocenters. The van der Waals surface area contributed by atoms with Gasteiger partial charge in [0.15, 0.2) is 5.16 Å². The highest BCUT2D eigenvalue weighted by molar-refractivity contribution is 7.98. The van der Waals surface area contributed by atoms with E-state index in [9.17, 15) is 13.8 Å². The zero-order valence-corrected chi connectivity index (χ0v) is 31.5. The summed E-state index contributed by atoms with van der Waals surface area (Å²) in [6.45, 7) is 4.19. The molecule has 51 heavy (non-hydrogen) atoms. The van der Waals surface area contributed by atoms with Gasteiger partial charge in [-0.05, 0) is 54.5 Å². The Bertz CT molecular complexity index is 1820. The Balaban J connectivity index is 0.000000276. The first-order valence-electron chi connectivity index (χ1n) is 15.5. The second kappa shape index (κ2) is 21.5. The van der Waals surface area contributed by atoms with Gasteiger partial charge in [0.25, 0.3) is 0 Å². The monoisotopic (exact) mass is 780 g/mol. The van der Waals surface area contributed by atoms with Crippen molar-refractivity contribution in [3.8, 4) is 11.8 Å². The van der Waals surface area contributed by atoms with Gasteiger partial charge in [-0.3, -0.25) is 4.21 Å². The fraction of sp³-hybridized carbons (Fsp3) is 0.353. The van der Waals surface area contributed by atoms with Crippen LogP contribution in [0.5, 0.6) is 11.8 Å². The van der Waals surface area contributed by atoms with Gasteiger partial charge >= 0.3 is 11.9 Å². The number of thioether (sulfide) groups is 1. The average Bonchev–Trinajstić information content (AvgIpc) is 3.12. The molecule has 0 radical (unpaired) electrons. The second-order valence-electron chi connectivity index (χ2n) is 10.2. The van der Waals surface area contributed by atoms with E-state index in [1.54, 1.807) is 38.1 Å². The summed E-state index contributed by atoms with van der Waals surface area (Å²) in [5.41, 5.74) is 3.46. The fourth-order valence-corrected chi connectivity index (χ4v) is 5.41. The highest BCUT2D eigenvalue weighted by Gasteiger charge is 2.19. The lowest BCUT2D eigenvalue weighted by atomic mass is 10.1. The van der Waals surface area contributed by atoms with Crippen LogP contribution in [-0.4, -0.2) is 85.2 Å². The predicted octanol–water partition coefficient (Wildman–Crippen LogP) is 5.30. The molecule has 0 bridgehead atoms. The molecule has 0 spiro atoms. The van der Waals surface area contributed by atoms with E-state index in [0.717, 1.165) is 11.1 Å². The maximum Gasteiger partial charge on any atom is 0.345 e. The van der Waals surface area contributed by atoms with Gasteiger partial charge in [0.2, 0.25) is 16.9 Å². The van der Waals surface area contributed by atoms with E-state index in [-0.39, 0.29) is 61.1 Å². The molecule has 1 unspecified atom stereocenters. The number of hydrogen-bond donors (Lipinski definition) is 2. The third kappa shape index (κ3) is 12.7. The van der Waals surface area contributed by atoms with E-state index in [2.05, 4.69) is 19.9 Å². The van der Waals surface area contributed by atoms with Crippen molar-refractivity contribution in [2.24, 2.45) is 0 Å². The Hall–Kier alpha value is -3.86. The maximum atomic E-state index is 12.0. The van der Waals surface area contributed by atoms with Crippen molar-refractivity contribution in [1.82, 2.24) is 19.9 Å². The van der Waals surface area contributed by atoms with Gasteiger partial charge in [-0.2, -0.15) is 9.97 Å². The van der Waals surface area contributed by atoms with E-state index in [1.165, 1.54) is 30.4 Å². The summed E-state index contributed by atoms with van der Waals surface area (Å²) in [5.74, 6) is -0.885. The van der Waals surface area contributed by atoms with Gasteiger partial charge in [0.1, 0.15) is 11.1 Å². The predicted molar refractivity (Wildman–Crippen MR) is 193 cm³/mol. The molecule has 0 fully saturated rings. The molecule has 2 heterocycles. The van der Waals surface area contributed by atoms with Gasteiger partial charge < -0.3 is 29.2 Å². The van der Waals surface area contributed by atoms with Crippen molar-refractivity contribution in [3.05, 3.63) is 92.2 Å². The number of carbonyl (C=O) groups is 2.